The van der Waals surface area contributed by atoms with E-state index in [1.165, 1.54) is 30.4 Å². The van der Waals surface area contributed by atoms with Crippen molar-refractivity contribution in [3.05, 3.63) is 11.1 Å². The molecular weight excluding hydrogens is 224 g/mol. The van der Waals surface area contributed by atoms with Crippen molar-refractivity contribution in [2.24, 2.45) is 11.3 Å². The predicted molar refractivity (Wildman–Crippen MR) is 64.1 cm³/mol. The Balaban J connectivity index is 1.92. The minimum absolute atomic E-state index is 0.289. The molecule has 0 aliphatic heterocycles. The third-order valence-corrected chi connectivity index (χ3v) is 4.37. The van der Waals surface area contributed by atoms with Gasteiger partial charge in [0.1, 0.15) is 4.88 Å². The van der Waals surface area contributed by atoms with Gasteiger partial charge in [-0.1, -0.05) is 25.2 Å². The number of hydrogen-bond acceptors (Lipinski definition) is 4. The van der Waals surface area contributed by atoms with E-state index in [1.54, 1.807) is 0 Å². The molecule has 1 saturated carbocycles. The van der Waals surface area contributed by atoms with Gasteiger partial charge < -0.3 is 10.4 Å². The molecule has 16 heavy (non-hydrogen) atoms. The topological polar surface area (TPSA) is 62.2 Å². The van der Waals surface area contributed by atoms with Crippen LogP contribution >= 0.6 is 11.3 Å². The summed E-state index contributed by atoms with van der Waals surface area (Å²) in [7, 11) is 0. The van der Waals surface area contributed by atoms with E-state index in [4.69, 9.17) is 5.11 Å². The van der Waals surface area contributed by atoms with Gasteiger partial charge in [-0.25, -0.2) is 9.78 Å². The summed E-state index contributed by atoms with van der Waals surface area (Å²) in [4.78, 5) is 15.0. The summed E-state index contributed by atoms with van der Waals surface area (Å²) in [5, 5.41) is 12.7. The lowest BCUT2D eigenvalue weighted by Gasteiger charge is -2.19. The number of anilines is 1. The van der Waals surface area contributed by atoms with Gasteiger partial charge in [0.25, 0.3) is 0 Å². The highest BCUT2D eigenvalue weighted by molar-refractivity contribution is 7.17. The zero-order valence-corrected chi connectivity index (χ0v) is 10.3. The van der Waals surface area contributed by atoms with Crippen molar-refractivity contribution < 1.29 is 9.90 Å². The summed E-state index contributed by atoms with van der Waals surface area (Å²) in [5.41, 5.74) is 0.412. The highest BCUT2D eigenvalue weighted by atomic mass is 32.1. The predicted octanol–water partition coefficient (Wildman–Crippen LogP) is 2.69. The number of carbonyl (C=O) groups is 1. The quantitative estimate of drug-likeness (QED) is 0.830. The van der Waals surface area contributed by atoms with Gasteiger partial charge in [0, 0.05) is 6.54 Å². The second-order valence-corrected chi connectivity index (χ2v) is 5.74. The van der Waals surface area contributed by atoms with Crippen LogP contribution in [0.1, 0.15) is 36.4 Å². The van der Waals surface area contributed by atoms with Crippen molar-refractivity contribution in [3.8, 4) is 0 Å². The van der Waals surface area contributed by atoms with Gasteiger partial charge in [-0.3, -0.25) is 0 Å². The average Bonchev–Trinajstić information content (AvgIpc) is 2.87. The van der Waals surface area contributed by atoms with Crippen molar-refractivity contribution in [1.82, 2.24) is 4.98 Å². The van der Waals surface area contributed by atoms with Crippen LogP contribution in [0.15, 0.2) is 6.20 Å². The first-order chi connectivity index (χ1) is 7.53. The minimum Gasteiger partial charge on any atom is -0.477 e. The monoisotopic (exact) mass is 240 g/mol. The van der Waals surface area contributed by atoms with E-state index < -0.39 is 5.97 Å². The molecule has 1 aliphatic rings. The van der Waals surface area contributed by atoms with Crippen LogP contribution in [0.4, 0.5) is 5.13 Å². The lowest BCUT2D eigenvalue weighted by molar-refractivity contribution is 0.0702. The molecule has 0 atom stereocenters. The van der Waals surface area contributed by atoms with E-state index in [0.717, 1.165) is 6.54 Å². The van der Waals surface area contributed by atoms with E-state index in [0.29, 0.717) is 16.5 Å². The first kappa shape index (κ1) is 11.4. The molecule has 0 spiro atoms. The molecule has 0 saturated heterocycles. The Labute approximate surface area is 98.7 Å². The molecule has 4 nitrogen and oxygen atoms in total. The van der Waals surface area contributed by atoms with Crippen LogP contribution in [-0.2, 0) is 0 Å². The highest BCUT2D eigenvalue weighted by Gasteiger charge is 2.45. The zero-order valence-electron chi connectivity index (χ0n) is 9.49. The number of aromatic nitrogens is 1. The maximum absolute atomic E-state index is 10.7. The van der Waals surface area contributed by atoms with Crippen molar-refractivity contribution in [1.29, 1.82) is 0 Å². The number of hydrogen-bond donors (Lipinski definition) is 2. The number of carboxylic acid groups (broad SMARTS) is 1. The number of carboxylic acids is 1. The maximum atomic E-state index is 10.7. The van der Waals surface area contributed by atoms with Crippen LogP contribution in [0.2, 0.25) is 0 Å². The fourth-order valence-electron chi connectivity index (χ4n) is 1.83. The van der Waals surface area contributed by atoms with Gasteiger partial charge in [-0.2, -0.15) is 0 Å². The van der Waals surface area contributed by atoms with Crippen LogP contribution in [0.25, 0.3) is 0 Å². The molecule has 0 radical (unpaired) electrons. The molecular formula is C11H16N2O2S. The Morgan fingerprint density at radius 3 is 2.81 bits per heavy atom. The van der Waals surface area contributed by atoms with Gasteiger partial charge in [-0.15, -0.1) is 0 Å². The lowest BCUT2D eigenvalue weighted by Crippen LogP contribution is -2.20. The van der Waals surface area contributed by atoms with Crippen LogP contribution in [0.3, 0.4) is 0 Å². The van der Waals surface area contributed by atoms with Crippen LogP contribution in [0.5, 0.6) is 0 Å². The second-order valence-electron chi connectivity index (χ2n) is 4.71. The molecule has 0 bridgehead atoms. The summed E-state index contributed by atoms with van der Waals surface area (Å²) < 4.78 is 0. The molecule has 0 aromatic carbocycles. The molecule has 1 fully saturated rings. The van der Waals surface area contributed by atoms with Crippen molar-refractivity contribution in [2.45, 2.75) is 26.7 Å². The molecule has 2 N–H and O–H groups in total. The third kappa shape index (κ3) is 2.19. The summed E-state index contributed by atoms with van der Waals surface area (Å²) in [6, 6.07) is 0. The number of rotatable bonds is 5. The molecule has 2 rings (SSSR count). The van der Waals surface area contributed by atoms with Gasteiger partial charge in [0.15, 0.2) is 5.13 Å². The van der Waals surface area contributed by atoms with Gasteiger partial charge in [-0.05, 0) is 24.2 Å². The van der Waals surface area contributed by atoms with Crippen LogP contribution < -0.4 is 5.32 Å². The summed E-state index contributed by atoms with van der Waals surface area (Å²) >= 11 is 1.20. The summed E-state index contributed by atoms with van der Waals surface area (Å²) in [6.07, 6.45) is 3.92. The Bertz CT molecular complexity index is 396. The molecule has 1 aliphatic carbocycles. The fraction of sp³-hybridized carbons (Fsp3) is 0.636. The largest absolute Gasteiger partial charge is 0.477 e. The molecule has 1 aromatic rings. The minimum atomic E-state index is -0.907. The number of thiazole rings is 1. The van der Waals surface area contributed by atoms with Crippen molar-refractivity contribution in [2.75, 3.05) is 11.9 Å². The van der Waals surface area contributed by atoms with E-state index in [9.17, 15) is 4.79 Å². The van der Waals surface area contributed by atoms with Gasteiger partial charge in [0.05, 0.1) is 6.20 Å². The third-order valence-electron chi connectivity index (χ3n) is 3.43. The Morgan fingerprint density at radius 1 is 1.69 bits per heavy atom. The molecule has 0 unspecified atom stereocenters. The van der Waals surface area contributed by atoms with Crippen LogP contribution in [-0.4, -0.2) is 22.6 Å². The van der Waals surface area contributed by atoms with Crippen LogP contribution in [0, 0.1) is 11.3 Å². The van der Waals surface area contributed by atoms with Crippen molar-refractivity contribution in [3.63, 3.8) is 0 Å². The van der Waals surface area contributed by atoms with Gasteiger partial charge >= 0.3 is 5.97 Å². The molecule has 88 valence electrons. The van der Waals surface area contributed by atoms with E-state index in [-0.39, 0.29) is 4.88 Å². The van der Waals surface area contributed by atoms with E-state index in [1.807, 2.05) is 0 Å². The molecule has 1 heterocycles. The Kier molecular flexibility index (Phi) is 2.88. The fourth-order valence-corrected chi connectivity index (χ4v) is 2.48. The first-order valence-electron chi connectivity index (χ1n) is 5.46. The number of nitrogens with zero attached hydrogens (tertiary/aromatic N) is 1. The zero-order chi connectivity index (χ0) is 11.8. The Hall–Kier alpha value is -1.10. The molecule has 0 amide bonds. The summed E-state index contributed by atoms with van der Waals surface area (Å²) in [5.74, 6) is -0.241. The standard InChI is InChI=1S/C11H16N2O2S/c1-7(2)11(3-4-11)6-13-10-12-5-8(16-10)9(14)15/h5,7H,3-4,6H2,1-2H3,(H,12,13)(H,14,15). The SMILES string of the molecule is CC(C)C1(CNc2ncc(C(=O)O)s2)CC1. The number of aromatic carboxylic acids is 1. The normalized spacial score (nSPS) is 17.4. The summed E-state index contributed by atoms with van der Waals surface area (Å²) in [6.45, 7) is 5.37. The maximum Gasteiger partial charge on any atom is 0.347 e. The highest BCUT2D eigenvalue weighted by Crippen LogP contribution is 2.51. The molecule has 5 heteroatoms. The second kappa shape index (κ2) is 4.05. The average molecular weight is 240 g/mol. The Morgan fingerprint density at radius 2 is 2.38 bits per heavy atom. The van der Waals surface area contributed by atoms with E-state index >= 15 is 0 Å². The smallest absolute Gasteiger partial charge is 0.347 e. The lowest BCUT2D eigenvalue weighted by atomic mass is 9.92. The van der Waals surface area contributed by atoms with Gasteiger partial charge in [0.2, 0.25) is 0 Å². The molecule has 1 aromatic heterocycles. The van der Waals surface area contributed by atoms with E-state index in [2.05, 4.69) is 24.1 Å². The van der Waals surface area contributed by atoms with Crippen molar-refractivity contribution >= 4 is 22.4 Å². The number of nitrogens with one attached hydrogen (secondary N) is 1. The first-order valence-corrected chi connectivity index (χ1v) is 6.28.